The number of halogens is 1. The van der Waals surface area contributed by atoms with Crippen molar-refractivity contribution in [1.82, 2.24) is 15.5 Å². The molecule has 1 aliphatic heterocycles. The SMILES string of the molecule is CN=C(NCCc1ccc(Cl)s1)NC1CCN(C2CCCC2)C1. The Morgan fingerprint density at radius 3 is 2.87 bits per heavy atom. The molecule has 1 aliphatic carbocycles. The largest absolute Gasteiger partial charge is 0.356 e. The van der Waals surface area contributed by atoms with Crippen LogP contribution in [0.3, 0.4) is 0 Å². The molecule has 1 aromatic heterocycles. The van der Waals surface area contributed by atoms with Crippen molar-refractivity contribution in [3.8, 4) is 0 Å². The first-order chi connectivity index (χ1) is 11.2. The maximum atomic E-state index is 5.97. The molecule has 1 unspecified atom stereocenters. The molecule has 0 amide bonds. The molecule has 0 radical (unpaired) electrons. The van der Waals surface area contributed by atoms with E-state index in [2.05, 4.69) is 26.6 Å². The summed E-state index contributed by atoms with van der Waals surface area (Å²) in [7, 11) is 1.85. The van der Waals surface area contributed by atoms with Crippen molar-refractivity contribution in [3.05, 3.63) is 21.3 Å². The van der Waals surface area contributed by atoms with E-state index >= 15 is 0 Å². The summed E-state index contributed by atoms with van der Waals surface area (Å²) in [5.41, 5.74) is 0. The van der Waals surface area contributed by atoms with Gasteiger partial charge >= 0.3 is 0 Å². The molecule has 23 heavy (non-hydrogen) atoms. The summed E-state index contributed by atoms with van der Waals surface area (Å²) < 4.78 is 0.862. The number of nitrogens with zero attached hydrogens (tertiary/aromatic N) is 2. The Labute approximate surface area is 148 Å². The lowest BCUT2D eigenvalue weighted by Gasteiger charge is -2.24. The number of aliphatic imine (C=N–C) groups is 1. The fourth-order valence-corrected chi connectivity index (χ4v) is 4.77. The van der Waals surface area contributed by atoms with Crippen LogP contribution < -0.4 is 10.6 Å². The Morgan fingerprint density at radius 1 is 1.35 bits per heavy atom. The highest BCUT2D eigenvalue weighted by molar-refractivity contribution is 7.16. The summed E-state index contributed by atoms with van der Waals surface area (Å²) >= 11 is 7.62. The molecule has 3 rings (SSSR count). The number of likely N-dealkylation sites (tertiary alicyclic amines) is 1. The lowest BCUT2D eigenvalue weighted by molar-refractivity contribution is 0.242. The summed E-state index contributed by atoms with van der Waals surface area (Å²) in [6.45, 7) is 3.27. The van der Waals surface area contributed by atoms with Crippen LogP contribution >= 0.6 is 22.9 Å². The van der Waals surface area contributed by atoms with Gasteiger partial charge < -0.3 is 10.6 Å². The molecule has 1 aromatic rings. The second-order valence-corrected chi connectivity index (χ2v) is 8.32. The molecule has 2 N–H and O–H groups in total. The van der Waals surface area contributed by atoms with Crippen LogP contribution in [0.1, 0.15) is 37.0 Å². The highest BCUT2D eigenvalue weighted by atomic mass is 35.5. The second-order valence-electron chi connectivity index (χ2n) is 6.52. The zero-order valence-electron chi connectivity index (χ0n) is 13.9. The Balaban J connectivity index is 1.39. The first-order valence-electron chi connectivity index (χ1n) is 8.70. The maximum Gasteiger partial charge on any atom is 0.191 e. The number of hydrogen-bond donors (Lipinski definition) is 2. The van der Waals surface area contributed by atoms with Gasteiger partial charge in [-0.25, -0.2) is 0 Å². The molecule has 128 valence electrons. The first-order valence-corrected chi connectivity index (χ1v) is 9.89. The Bertz CT molecular complexity index is 524. The number of hydrogen-bond acceptors (Lipinski definition) is 3. The number of thiophene rings is 1. The average Bonchev–Trinajstić information content (AvgIpc) is 3.27. The van der Waals surface area contributed by atoms with E-state index in [0.29, 0.717) is 6.04 Å². The predicted octanol–water partition coefficient (Wildman–Crippen LogP) is 3.13. The number of nitrogens with one attached hydrogen (secondary N) is 2. The molecule has 1 saturated heterocycles. The van der Waals surface area contributed by atoms with Crippen molar-refractivity contribution >= 4 is 28.9 Å². The van der Waals surface area contributed by atoms with Crippen molar-refractivity contribution in [3.63, 3.8) is 0 Å². The van der Waals surface area contributed by atoms with Crippen LogP contribution in [0.25, 0.3) is 0 Å². The van der Waals surface area contributed by atoms with Gasteiger partial charge in [0.1, 0.15) is 0 Å². The molecule has 1 saturated carbocycles. The highest BCUT2D eigenvalue weighted by Gasteiger charge is 2.30. The molecule has 6 heteroatoms. The Morgan fingerprint density at radius 2 is 2.17 bits per heavy atom. The van der Waals surface area contributed by atoms with Crippen molar-refractivity contribution in [2.24, 2.45) is 4.99 Å². The van der Waals surface area contributed by atoms with Gasteiger partial charge in [-0.2, -0.15) is 0 Å². The third-order valence-electron chi connectivity index (χ3n) is 4.92. The normalized spacial score (nSPS) is 23.6. The molecular weight excluding hydrogens is 328 g/mol. The van der Waals surface area contributed by atoms with Gasteiger partial charge in [0.05, 0.1) is 4.34 Å². The van der Waals surface area contributed by atoms with Gasteiger partial charge in [0, 0.05) is 43.6 Å². The van der Waals surface area contributed by atoms with E-state index in [-0.39, 0.29) is 0 Å². The van der Waals surface area contributed by atoms with E-state index in [1.54, 1.807) is 11.3 Å². The van der Waals surface area contributed by atoms with Gasteiger partial charge in [-0.3, -0.25) is 9.89 Å². The van der Waals surface area contributed by atoms with Crippen molar-refractivity contribution in [2.75, 3.05) is 26.7 Å². The monoisotopic (exact) mass is 354 g/mol. The molecule has 0 bridgehead atoms. The molecule has 2 aliphatic rings. The average molecular weight is 355 g/mol. The van der Waals surface area contributed by atoms with Gasteiger partial charge in [0.25, 0.3) is 0 Å². The molecular formula is C17H27ClN4S. The van der Waals surface area contributed by atoms with E-state index in [1.807, 2.05) is 13.1 Å². The van der Waals surface area contributed by atoms with Crippen molar-refractivity contribution in [1.29, 1.82) is 0 Å². The summed E-state index contributed by atoms with van der Waals surface area (Å²) in [6.07, 6.45) is 7.81. The Kier molecular flexibility index (Phi) is 6.20. The molecule has 2 heterocycles. The highest BCUT2D eigenvalue weighted by Crippen LogP contribution is 2.26. The standard InChI is InChI=1S/C17H27ClN4S/c1-19-17(20-10-8-15-6-7-16(18)23-15)21-13-9-11-22(12-13)14-4-2-3-5-14/h6-7,13-14H,2-5,8-12H2,1H3,(H2,19,20,21). The summed E-state index contributed by atoms with van der Waals surface area (Å²) in [5.74, 6) is 0.922. The number of guanidine groups is 1. The molecule has 0 spiro atoms. The molecule has 0 aromatic carbocycles. The molecule has 4 nitrogen and oxygen atoms in total. The summed E-state index contributed by atoms with van der Waals surface area (Å²) in [4.78, 5) is 8.35. The smallest absolute Gasteiger partial charge is 0.191 e. The van der Waals surface area contributed by atoms with E-state index < -0.39 is 0 Å². The predicted molar refractivity (Wildman–Crippen MR) is 99.8 cm³/mol. The van der Waals surface area contributed by atoms with Gasteiger partial charge in [0.2, 0.25) is 0 Å². The lowest BCUT2D eigenvalue weighted by Crippen LogP contribution is -2.45. The van der Waals surface area contributed by atoms with Crippen LogP contribution in [0.4, 0.5) is 0 Å². The summed E-state index contributed by atoms with van der Waals surface area (Å²) in [5, 5.41) is 7.01. The van der Waals surface area contributed by atoms with E-state index in [4.69, 9.17) is 11.6 Å². The van der Waals surface area contributed by atoms with Gasteiger partial charge in [0.15, 0.2) is 5.96 Å². The summed E-state index contributed by atoms with van der Waals surface area (Å²) in [6, 6.07) is 5.42. The van der Waals surface area contributed by atoms with E-state index in [9.17, 15) is 0 Å². The van der Waals surface area contributed by atoms with E-state index in [1.165, 1.54) is 43.5 Å². The maximum absolute atomic E-state index is 5.97. The lowest BCUT2D eigenvalue weighted by atomic mass is 10.2. The zero-order valence-corrected chi connectivity index (χ0v) is 15.4. The minimum Gasteiger partial charge on any atom is -0.356 e. The van der Waals surface area contributed by atoms with Gasteiger partial charge in [-0.15, -0.1) is 11.3 Å². The topological polar surface area (TPSA) is 39.7 Å². The third kappa shape index (κ3) is 4.85. The zero-order chi connectivity index (χ0) is 16.1. The van der Waals surface area contributed by atoms with Crippen LogP contribution in [0.5, 0.6) is 0 Å². The van der Waals surface area contributed by atoms with Gasteiger partial charge in [-0.05, 0) is 37.8 Å². The molecule has 2 fully saturated rings. The van der Waals surface area contributed by atoms with Crippen molar-refractivity contribution < 1.29 is 0 Å². The second kappa shape index (κ2) is 8.36. The fourth-order valence-electron chi connectivity index (χ4n) is 3.68. The Hall–Kier alpha value is -0.780. The van der Waals surface area contributed by atoms with E-state index in [0.717, 1.165) is 35.8 Å². The van der Waals surface area contributed by atoms with Gasteiger partial charge in [-0.1, -0.05) is 24.4 Å². The van der Waals surface area contributed by atoms with Crippen LogP contribution in [0, 0.1) is 0 Å². The van der Waals surface area contributed by atoms with Crippen LogP contribution in [0.2, 0.25) is 4.34 Å². The minimum atomic E-state index is 0.526. The molecule has 1 atom stereocenters. The van der Waals surface area contributed by atoms with Crippen LogP contribution in [-0.4, -0.2) is 49.6 Å². The minimum absolute atomic E-state index is 0.526. The van der Waals surface area contributed by atoms with Crippen LogP contribution in [-0.2, 0) is 6.42 Å². The first kappa shape index (κ1) is 17.1. The third-order valence-corrected chi connectivity index (χ3v) is 6.21. The van der Waals surface area contributed by atoms with Crippen LogP contribution in [0.15, 0.2) is 17.1 Å². The fraction of sp³-hybridized carbons (Fsp3) is 0.706. The quantitative estimate of drug-likeness (QED) is 0.630. The number of rotatable bonds is 5. The van der Waals surface area contributed by atoms with Crippen molar-refractivity contribution in [2.45, 2.75) is 50.6 Å².